The van der Waals surface area contributed by atoms with Crippen molar-refractivity contribution in [3.8, 4) is 5.69 Å². The monoisotopic (exact) mass is 282 g/mol. The Morgan fingerprint density at radius 3 is 2.62 bits per heavy atom. The molecule has 110 valence electrons. The number of hydrogen-bond donors (Lipinski definition) is 1. The van der Waals surface area contributed by atoms with Crippen molar-refractivity contribution >= 4 is 5.82 Å². The number of nitrogens with zero attached hydrogens (tertiary/aromatic N) is 3. The first-order chi connectivity index (χ1) is 10.3. The second-order valence-corrected chi connectivity index (χ2v) is 6.22. The Morgan fingerprint density at radius 2 is 1.86 bits per heavy atom. The first-order valence-corrected chi connectivity index (χ1v) is 7.98. The number of fused-ring (bicyclic) bond motifs is 1. The van der Waals surface area contributed by atoms with E-state index in [1.54, 1.807) is 0 Å². The summed E-state index contributed by atoms with van der Waals surface area (Å²) in [6.45, 7) is 2.10. The highest BCUT2D eigenvalue weighted by molar-refractivity contribution is 5.50. The fourth-order valence-corrected chi connectivity index (χ4v) is 3.76. The van der Waals surface area contributed by atoms with Gasteiger partial charge in [-0.25, -0.2) is 4.68 Å². The van der Waals surface area contributed by atoms with E-state index < -0.39 is 0 Å². The Balaban J connectivity index is 1.65. The SMILES string of the molecule is Nc1c2c(nn1-c1ccccc1)CCN(C1CCCC1)C2. The van der Waals surface area contributed by atoms with Crippen LogP contribution in [-0.4, -0.2) is 27.3 Å². The highest BCUT2D eigenvalue weighted by Gasteiger charge is 2.29. The molecular formula is C17H22N4. The summed E-state index contributed by atoms with van der Waals surface area (Å²) in [6.07, 6.45) is 6.49. The van der Waals surface area contributed by atoms with Gasteiger partial charge in [0.15, 0.2) is 0 Å². The van der Waals surface area contributed by atoms with E-state index in [0.717, 1.165) is 37.1 Å². The van der Waals surface area contributed by atoms with E-state index in [4.69, 9.17) is 10.8 Å². The van der Waals surface area contributed by atoms with Crippen LogP contribution in [0.5, 0.6) is 0 Å². The molecule has 0 bridgehead atoms. The van der Waals surface area contributed by atoms with Gasteiger partial charge in [-0.2, -0.15) is 5.10 Å². The zero-order valence-electron chi connectivity index (χ0n) is 12.3. The van der Waals surface area contributed by atoms with Gasteiger partial charge >= 0.3 is 0 Å². The van der Waals surface area contributed by atoms with Gasteiger partial charge < -0.3 is 5.73 Å². The Bertz CT molecular complexity index is 626. The summed E-state index contributed by atoms with van der Waals surface area (Å²) in [6, 6.07) is 11.0. The molecule has 0 spiro atoms. The standard InChI is InChI=1S/C17H22N4/c18-17-15-12-20(13-6-4-5-7-13)11-10-16(15)19-21(17)14-8-2-1-3-9-14/h1-3,8-9,13H,4-7,10-12,18H2. The van der Waals surface area contributed by atoms with E-state index in [-0.39, 0.29) is 0 Å². The molecule has 1 saturated carbocycles. The molecule has 1 aliphatic carbocycles. The third-order valence-corrected chi connectivity index (χ3v) is 4.95. The molecule has 2 aromatic rings. The largest absolute Gasteiger partial charge is 0.383 e. The Kier molecular flexibility index (Phi) is 3.19. The Morgan fingerprint density at radius 1 is 1.10 bits per heavy atom. The predicted octanol–water partition coefficient (Wildman–Crippen LogP) is 2.76. The quantitative estimate of drug-likeness (QED) is 0.921. The lowest BCUT2D eigenvalue weighted by molar-refractivity contribution is 0.181. The van der Waals surface area contributed by atoms with Crippen LogP contribution in [0.2, 0.25) is 0 Å². The van der Waals surface area contributed by atoms with Crippen LogP contribution in [0.15, 0.2) is 30.3 Å². The fourth-order valence-electron chi connectivity index (χ4n) is 3.76. The number of nitrogens with two attached hydrogens (primary N) is 1. The van der Waals surface area contributed by atoms with E-state index in [1.165, 1.54) is 36.9 Å². The van der Waals surface area contributed by atoms with Gasteiger partial charge in [0.1, 0.15) is 5.82 Å². The zero-order valence-corrected chi connectivity index (χ0v) is 12.3. The van der Waals surface area contributed by atoms with Crippen LogP contribution in [0.3, 0.4) is 0 Å². The molecule has 0 atom stereocenters. The number of anilines is 1. The smallest absolute Gasteiger partial charge is 0.132 e. The van der Waals surface area contributed by atoms with Crippen LogP contribution in [0, 0.1) is 0 Å². The molecule has 21 heavy (non-hydrogen) atoms. The molecule has 1 fully saturated rings. The maximum absolute atomic E-state index is 6.39. The summed E-state index contributed by atoms with van der Waals surface area (Å²) >= 11 is 0. The molecule has 0 radical (unpaired) electrons. The second kappa shape index (κ2) is 5.19. The Labute approximate surface area is 125 Å². The van der Waals surface area contributed by atoms with Crippen LogP contribution in [-0.2, 0) is 13.0 Å². The molecule has 0 amide bonds. The molecule has 1 aliphatic heterocycles. The normalized spacial score (nSPS) is 19.8. The average Bonchev–Trinajstić information content (AvgIpc) is 3.17. The summed E-state index contributed by atoms with van der Waals surface area (Å²) < 4.78 is 1.91. The third kappa shape index (κ3) is 2.23. The van der Waals surface area contributed by atoms with Crippen molar-refractivity contribution in [3.05, 3.63) is 41.6 Å². The molecule has 2 heterocycles. The molecule has 4 rings (SSSR count). The number of para-hydroxylation sites is 1. The highest BCUT2D eigenvalue weighted by atomic mass is 15.3. The van der Waals surface area contributed by atoms with E-state index in [2.05, 4.69) is 17.0 Å². The first-order valence-electron chi connectivity index (χ1n) is 7.98. The van der Waals surface area contributed by atoms with Crippen molar-refractivity contribution in [2.24, 2.45) is 0 Å². The van der Waals surface area contributed by atoms with Crippen molar-refractivity contribution in [1.29, 1.82) is 0 Å². The Hall–Kier alpha value is -1.81. The molecule has 0 saturated heterocycles. The van der Waals surface area contributed by atoms with Crippen molar-refractivity contribution < 1.29 is 0 Å². The van der Waals surface area contributed by atoms with Gasteiger partial charge in [-0.3, -0.25) is 4.90 Å². The topological polar surface area (TPSA) is 47.1 Å². The summed E-state index contributed by atoms with van der Waals surface area (Å²) in [5.41, 5.74) is 9.88. The molecule has 2 aliphatic rings. The lowest BCUT2D eigenvalue weighted by Crippen LogP contribution is -2.37. The van der Waals surface area contributed by atoms with E-state index in [0.29, 0.717) is 0 Å². The van der Waals surface area contributed by atoms with Crippen LogP contribution < -0.4 is 5.73 Å². The number of nitrogen functional groups attached to an aromatic ring is 1. The second-order valence-electron chi connectivity index (χ2n) is 6.22. The molecule has 2 N–H and O–H groups in total. The van der Waals surface area contributed by atoms with Crippen molar-refractivity contribution in [3.63, 3.8) is 0 Å². The minimum atomic E-state index is 0.762. The first kappa shape index (κ1) is 12.9. The van der Waals surface area contributed by atoms with Gasteiger partial charge in [-0.05, 0) is 25.0 Å². The maximum atomic E-state index is 6.39. The molecule has 1 aromatic carbocycles. The number of aromatic nitrogens is 2. The summed E-state index contributed by atoms with van der Waals surface area (Å²) in [7, 11) is 0. The van der Waals surface area contributed by atoms with Crippen molar-refractivity contribution in [1.82, 2.24) is 14.7 Å². The van der Waals surface area contributed by atoms with E-state index >= 15 is 0 Å². The third-order valence-electron chi connectivity index (χ3n) is 4.95. The molecule has 1 aromatic heterocycles. The molecular weight excluding hydrogens is 260 g/mol. The molecule has 4 nitrogen and oxygen atoms in total. The van der Waals surface area contributed by atoms with Gasteiger partial charge in [0.05, 0.1) is 11.4 Å². The highest BCUT2D eigenvalue weighted by Crippen LogP contribution is 2.31. The van der Waals surface area contributed by atoms with Gasteiger partial charge in [0.2, 0.25) is 0 Å². The van der Waals surface area contributed by atoms with Crippen molar-refractivity contribution in [2.75, 3.05) is 12.3 Å². The van der Waals surface area contributed by atoms with Crippen LogP contribution >= 0.6 is 0 Å². The van der Waals surface area contributed by atoms with Crippen LogP contribution in [0.25, 0.3) is 5.69 Å². The fraction of sp³-hybridized carbons (Fsp3) is 0.471. The summed E-state index contributed by atoms with van der Waals surface area (Å²) in [5.74, 6) is 0.818. The molecule has 0 unspecified atom stereocenters. The van der Waals surface area contributed by atoms with Crippen LogP contribution in [0.4, 0.5) is 5.82 Å². The van der Waals surface area contributed by atoms with Gasteiger partial charge in [-0.15, -0.1) is 0 Å². The van der Waals surface area contributed by atoms with E-state index in [1.807, 2.05) is 22.9 Å². The van der Waals surface area contributed by atoms with Crippen LogP contribution in [0.1, 0.15) is 36.9 Å². The number of benzene rings is 1. The van der Waals surface area contributed by atoms with Gasteiger partial charge in [-0.1, -0.05) is 31.0 Å². The predicted molar refractivity (Wildman–Crippen MR) is 84.3 cm³/mol. The number of hydrogen-bond acceptors (Lipinski definition) is 3. The van der Waals surface area contributed by atoms with Crippen molar-refractivity contribution in [2.45, 2.75) is 44.7 Å². The number of rotatable bonds is 2. The van der Waals surface area contributed by atoms with Gasteiger partial charge in [0, 0.05) is 31.1 Å². The summed E-state index contributed by atoms with van der Waals surface area (Å²) in [5, 5.41) is 4.75. The maximum Gasteiger partial charge on any atom is 0.132 e. The average molecular weight is 282 g/mol. The lowest BCUT2D eigenvalue weighted by Gasteiger charge is -2.31. The minimum absolute atomic E-state index is 0.762. The summed E-state index contributed by atoms with van der Waals surface area (Å²) in [4.78, 5) is 2.61. The molecule has 4 heteroatoms. The van der Waals surface area contributed by atoms with Gasteiger partial charge in [0.25, 0.3) is 0 Å². The minimum Gasteiger partial charge on any atom is -0.383 e. The van der Waals surface area contributed by atoms with E-state index in [9.17, 15) is 0 Å². The zero-order chi connectivity index (χ0) is 14.2. The lowest BCUT2D eigenvalue weighted by atomic mass is 10.0.